The predicted molar refractivity (Wildman–Crippen MR) is 64.3 cm³/mol. The minimum atomic E-state index is -3.50. The molecule has 0 spiro atoms. The standard InChI is InChI=1S/C10H15N3O3S/c1-13(8-7-10(11)12-14)17(15,16)9-5-3-2-4-6-9/h2-6,14H,7-8H2,1H3,(H2,11,12). The highest BCUT2D eigenvalue weighted by atomic mass is 32.2. The lowest BCUT2D eigenvalue weighted by Gasteiger charge is -2.16. The maximum atomic E-state index is 12.0. The molecule has 0 heterocycles. The van der Waals surface area contributed by atoms with Crippen LogP contribution >= 0.6 is 0 Å². The molecular formula is C10H15N3O3S. The normalized spacial score (nSPS) is 12.9. The summed E-state index contributed by atoms with van der Waals surface area (Å²) in [7, 11) is -2.05. The lowest BCUT2D eigenvalue weighted by Crippen LogP contribution is -2.30. The summed E-state index contributed by atoms with van der Waals surface area (Å²) < 4.78 is 25.2. The molecule has 0 radical (unpaired) electrons. The summed E-state index contributed by atoms with van der Waals surface area (Å²) in [5.41, 5.74) is 5.28. The van der Waals surface area contributed by atoms with Crippen LogP contribution in [0, 0.1) is 0 Å². The Labute approximate surface area is 100 Å². The van der Waals surface area contributed by atoms with E-state index in [1.165, 1.54) is 23.5 Å². The molecule has 0 bridgehead atoms. The van der Waals surface area contributed by atoms with E-state index in [1.807, 2.05) is 0 Å². The summed E-state index contributed by atoms with van der Waals surface area (Å²) in [5.74, 6) is 0.000103. The molecule has 17 heavy (non-hydrogen) atoms. The molecule has 0 atom stereocenters. The molecule has 0 amide bonds. The van der Waals surface area contributed by atoms with Gasteiger partial charge in [-0.05, 0) is 12.1 Å². The largest absolute Gasteiger partial charge is 0.409 e. The van der Waals surface area contributed by atoms with Gasteiger partial charge in [-0.1, -0.05) is 23.4 Å². The van der Waals surface area contributed by atoms with Gasteiger partial charge < -0.3 is 10.9 Å². The summed E-state index contributed by atoms with van der Waals surface area (Å²) in [6.07, 6.45) is 0.180. The van der Waals surface area contributed by atoms with E-state index in [2.05, 4.69) is 5.16 Å². The molecule has 1 aromatic carbocycles. The molecule has 0 saturated heterocycles. The lowest BCUT2D eigenvalue weighted by atomic mass is 10.4. The molecule has 0 aliphatic carbocycles. The second-order valence-electron chi connectivity index (χ2n) is 3.48. The summed E-state index contributed by atoms with van der Waals surface area (Å²) in [5, 5.41) is 11.2. The monoisotopic (exact) mass is 257 g/mol. The van der Waals surface area contributed by atoms with Crippen LogP contribution in [0.1, 0.15) is 6.42 Å². The van der Waals surface area contributed by atoms with Crippen LogP contribution in [0.4, 0.5) is 0 Å². The number of nitrogens with two attached hydrogens (primary N) is 1. The Kier molecular flexibility index (Phi) is 4.47. The zero-order valence-corrected chi connectivity index (χ0v) is 10.3. The third-order valence-electron chi connectivity index (χ3n) is 2.26. The minimum absolute atomic E-state index is 0.000103. The Morgan fingerprint density at radius 1 is 1.41 bits per heavy atom. The molecule has 0 fully saturated rings. The fraction of sp³-hybridized carbons (Fsp3) is 0.300. The van der Waals surface area contributed by atoms with E-state index in [0.29, 0.717) is 0 Å². The van der Waals surface area contributed by atoms with Crippen molar-refractivity contribution in [2.45, 2.75) is 11.3 Å². The summed E-state index contributed by atoms with van der Waals surface area (Å²) in [4.78, 5) is 0.224. The van der Waals surface area contributed by atoms with Crippen LogP contribution < -0.4 is 5.73 Å². The van der Waals surface area contributed by atoms with Crippen LogP contribution in [0.2, 0.25) is 0 Å². The average molecular weight is 257 g/mol. The van der Waals surface area contributed by atoms with Crippen molar-refractivity contribution < 1.29 is 13.6 Å². The van der Waals surface area contributed by atoms with Crippen molar-refractivity contribution in [2.24, 2.45) is 10.9 Å². The second kappa shape index (κ2) is 5.65. The Hall–Kier alpha value is -1.60. The molecular weight excluding hydrogens is 242 g/mol. The van der Waals surface area contributed by atoms with E-state index in [9.17, 15) is 8.42 Å². The van der Waals surface area contributed by atoms with E-state index < -0.39 is 10.0 Å². The van der Waals surface area contributed by atoms with Gasteiger partial charge in [0.2, 0.25) is 10.0 Å². The van der Waals surface area contributed by atoms with Crippen molar-refractivity contribution in [1.82, 2.24) is 4.31 Å². The SMILES string of the molecule is CN(CC/C(N)=N/O)S(=O)(=O)c1ccccc1. The Morgan fingerprint density at radius 3 is 2.53 bits per heavy atom. The quantitative estimate of drug-likeness (QED) is 0.346. The van der Waals surface area contributed by atoms with E-state index in [-0.39, 0.29) is 23.7 Å². The molecule has 7 heteroatoms. The van der Waals surface area contributed by atoms with E-state index in [0.717, 1.165) is 0 Å². The van der Waals surface area contributed by atoms with Crippen molar-refractivity contribution in [1.29, 1.82) is 0 Å². The van der Waals surface area contributed by atoms with E-state index in [4.69, 9.17) is 10.9 Å². The summed E-state index contributed by atoms with van der Waals surface area (Å²) in [6, 6.07) is 8.11. The Morgan fingerprint density at radius 2 is 2.00 bits per heavy atom. The smallest absolute Gasteiger partial charge is 0.242 e. The summed E-state index contributed by atoms with van der Waals surface area (Å²) in [6.45, 7) is 0.160. The van der Waals surface area contributed by atoms with Gasteiger partial charge in [0, 0.05) is 20.0 Å². The van der Waals surface area contributed by atoms with Crippen LogP contribution in [0.25, 0.3) is 0 Å². The lowest BCUT2D eigenvalue weighted by molar-refractivity contribution is 0.316. The number of hydrogen-bond donors (Lipinski definition) is 2. The first kappa shape index (κ1) is 13.5. The van der Waals surface area contributed by atoms with Crippen molar-refractivity contribution in [3.05, 3.63) is 30.3 Å². The highest BCUT2D eigenvalue weighted by Crippen LogP contribution is 2.13. The molecule has 0 aliphatic heterocycles. The van der Waals surface area contributed by atoms with Crippen LogP contribution in [-0.4, -0.2) is 37.4 Å². The Bertz CT molecular complexity index is 485. The average Bonchev–Trinajstić information content (AvgIpc) is 2.36. The van der Waals surface area contributed by atoms with Crippen molar-refractivity contribution in [3.63, 3.8) is 0 Å². The van der Waals surface area contributed by atoms with Gasteiger partial charge >= 0.3 is 0 Å². The third-order valence-corrected chi connectivity index (χ3v) is 4.13. The predicted octanol–water partition coefficient (Wildman–Crippen LogP) is 0.444. The van der Waals surface area contributed by atoms with E-state index in [1.54, 1.807) is 18.2 Å². The van der Waals surface area contributed by atoms with Crippen LogP contribution in [0.3, 0.4) is 0 Å². The number of rotatable bonds is 5. The minimum Gasteiger partial charge on any atom is -0.409 e. The topological polar surface area (TPSA) is 96.0 Å². The highest BCUT2D eigenvalue weighted by Gasteiger charge is 2.19. The highest BCUT2D eigenvalue weighted by molar-refractivity contribution is 7.89. The molecule has 94 valence electrons. The van der Waals surface area contributed by atoms with Crippen molar-refractivity contribution in [3.8, 4) is 0 Å². The first-order valence-corrected chi connectivity index (χ1v) is 6.40. The molecule has 3 N–H and O–H groups in total. The maximum Gasteiger partial charge on any atom is 0.242 e. The second-order valence-corrected chi connectivity index (χ2v) is 5.53. The van der Waals surface area contributed by atoms with E-state index >= 15 is 0 Å². The summed E-state index contributed by atoms with van der Waals surface area (Å²) >= 11 is 0. The number of benzene rings is 1. The number of hydrogen-bond acceptors (Lipinski definition) is 4. The van der Waals surface area contributed by atoms with Gasteiger partial charge in [0.15, 0.2) is 0 Å². The molecule has 0 saturated carbocycles. The molecule has 1 rings (SSSR count). The van der Waals surface area contributed by atoms with Gasteiger partial charge in [-0.15, -0.1) is 0 Å². The number of oxime groups is 1. The first-order valence-electron chi connectivity index (χ1n) is 4.96. The van der Waals surface area contributed by atoms with Gasteiger partial charge in [0.25, 0.3) is 0 Å². The van der Waals surface area contributed by atoms with Crippen molar-refractivity contribution >= 4 is 15.9 Å². The Balaban J connectivity index is 2.78. The number of amidine groups is 1. The zero-order valence-electron chi connectivity index (χ0n) is 9.44. The molecule has 0 aliphatic rings. The van der Waals surface area contributed by atoms with Crippen LogP contribution in [0.5, 0.6) is 0 Å². The molecule has 6 nitrogen and oxygen atoms in total. The van der Waals surface area contributed by atoms with Crippen LogP contribution in [0.15, 0.2) is 40.4 Å². The molecule has 1 aromatic rings. The van der Waals surface area contributed by atoms with Gasteiger partial charge in [0.1, 0.15) is 5.84 Å². The fourth-order valence-electron chi connectivity index (χ4n) is 1.21. The number of nitrogens with zero attached hydrogens (tertiary/aromatic N) is 2. The molecule has 0 aromatic heterocycles. The van der Waals surface area contributed by atoms with Gasteiger partial charge in [-0.3, -0.25) is 0 Å². The van der Waals surface area contributed by atoms with Gasteiger partial charge in [-0.2, -0.15) is 0 Å². The van der Waals surface area contributed by atoms with Crippen LogP contribution in [-0.2, 0) is 10.0 Å². The third kappa shape index (κ3) is 3.43. The fourth-order valence-corrected chi connectivity index (χ4v) is 2.41. The number of sulfonamides is 1. The van der Waals surface area contributed by atoms with Gasteiger partial charge in [-0.25, -0.2) is 12.7 Å². The maximum absolute atomic E-state index is 12.0. The van der Waals surface area contributed by atoms with Gasteiger partial charge in [0.05, 0.1) is 4.90 Å². The van der Waals surface area contributed by atoms with Crippen molar-refractivity contribution in [2.75, 3.05) is 13.6 Å². The first-order chi connectivity index (χ1) is 7.98. The zero-order chi connectivity index (χ0) is 12.9. The molecule has 0 unspecified atom stereocenters.